The number of H-pyrrole nitrogens is 1. The highest BCUT2D eigenvalue weighted by Crippen LogP contribution is 2.29. The van der Waals surface area contributed by atoms with Crippen LogP contribution in [0.5, 0.6) is 0 Å². The smallest absolute Gasteiger partial charge is 0.285 e. The van der Waals surface area contributed by atoms with Crippen molar-refractivity contribution in [1.82, 2.24) is 24.7 Å². The van der Waals surface area contributed by atoms with Gasteiger partial charge in [0.25, 0.3) is 11.7 Å². The molecule has 1 aromatic heterocycles. The Hall–Kier alpha value is -3.08. The van der Waals surface area contributed by atoms with E-state index in [4.69, 9.17) is 0 Å². The SMILES string of the molecule is Cc1cc(NC2=CN(Sc3ccc(NC(=O)C4CCCN4)cc3)CC3=NC=C[N+]23)n[nH]1. The van der Waals surface area contributed by atoms with Crippen LogP contribution >= 0.6 is 11.9 Å². The molecule has 1 atom stereocenters. The molecule has 4 heterocycles. The number of aryl methyl sites for hydroxylation is 1. The first-order chi connectivity index (χ1) is 15.1. The van der Waals surface area contributed by atoms with Crippen LogP contribution in [-0.2, 0) is 4.79 Å². The highest BCUT2D eigenvalue weighted by molar-refractivity contribution is 7.97. The van der Waals surface area contributed by atoms with Gasteiger partial charge in [0.15, 0.2) is 12.0 Å². The monoisotopic (exact) mass is 436 g/mol. The molecule has 1 radical (unpaired) electrons. The number of aromatic nitrogens is 2. The van der Waals surface area contributed by atoms with Crippen molar-refractivity contribution in [3.63, 3.8) is 0 Å². The second-order valence-corrected chi connectivity index (χ2v) is 8.74. The Labute approximate surface area is 184 Å². The largest absolute Gasteiger partial charge is 0.325 e. The Bertz CT molecular complexity index is 1050. The molecule has 1 fully saturated rings. The van der Waals surface area contributed by atoms with E-state index in [1.807, 2.05) is 54.6 Å². The fraction of sp³-hybridized carbons (Fsp3) is 0.286. The van der Waals surface area contributed by atoms with Crippen molar-refractivity contribution in [1.29, 1.82) is 0 Å². The van der Waals surface area contributed by atoms with E-state index in [0.717, 1.165) is 53.1 Å². The molecule has 4 N–H and O–H groups in total. The molecule has 0 spiro atoms. The molecule has 1 unspecified atom stereocenters. The van der Waals surface area contributed by atoms with Gasteiger partial charge in [0.2, 0.25) is 5.91 Å². The van der Waals surface area contributed by atoms with Crippen LogP contribution in [0.4, 0.5) is 11.5 Å². The maximum Gasteiger partial charge on any atom is 0.285 e. The van der Waals surface area contributed by atoms with Crippen LogP contribution in [0.3, 0.4) is 0 Å². The minimum absolute atomic E-state index is 0.0352. The average Bonchev–Trinajstić information content (AvgIpc) is 3.51. The summed E-state index contributed by atoms with van der Waals surface area (Å²) in [5.41, 5.74) is 1.80. The van der Waals surface area contributed by atoms with Gasteiger partial charge in [0, 0.05) is 22.3 Å². The number of carbonyl (C=O) groups is 1. The molecule has 5 rings (SSSR count). The van der Waals surface area contributed by atoms with Gasteiger partial charge in [0.1, 0.15) is 6.54 Å². The number of nitrogens with zero attached hydrogens (tertiary/aromatic N) is 4. The third kappa shape index (κ3) is 4.50. The Kier molecular flexibility index (Phi) is 5.49. The molecule has 1 aromatic carbocycles. The van der Waals surface area contributed by atoms with E-state index in [2.05, 4.69) is 35.4 Å². The quantitative estimate of drug-likeness (QED) is 0.410. The van der Waals surface area contributed by atoms with Gasteiger partial charge in [-0.15, -0.1) is 0 Å². The number of hydrogen-bond acceptors (Lipinski definition) is 8. The van der Waals surface area contributed by atoms with Crippen LogP contribution in [0.15, 0.2) is 64.6 Å². The molecule has 0 aliphatic carbocycles. The van der Waals surface area contributed by atoms with Crippen molar-refractivity contribution in [2.45, 2.75) is 30.7 Å². The van der Waals surface area contributed by atoms with Crippen molar-refractivity contribution < 1.29 is 4.79 Å². The van der Waals surface area contributed by atoms with E-state index < -0.39 is 0 Å². The van der Waals surface area contributed by atoms with Crippen molar-refractivity contribution in [2.24, 2.45) is 4.99 Å². The Morgan fingerprint density at radius 1 is 1.32 bits per heavy atom. The number of nitrogens with one attached hydrogen (secondary N) is 4. The van der Waals surface area contributed by atoms with Crippen LogP contribution in [0.1, 0.15) is 18.5 Å². The number of fused-ring (bicyclic) bond motifs is 1. The lowest BCUT2D eigenvalue weighted by atomic mass is 10.2. The second-order valence-electron chi connectivity index (χ2n) is 7.62. The molecule has 3 aliphatic heterocycles. The van der Waals surface area contributed by atoms with E-state index in [9.17, 15) is 4.79 Å². The Morgan fingerprint density at radius 3 is 2.94 bits per heavy atom. The summed E-state index contributed by atoms with van der Waals surface area (Å²) in [6.07, 6.45) is 7.72. The molecule has 1 amide bonds. The summed E-state index contributed by atoms with van der Waals surface area (Å²) in [6, 6.07) is 9.78. The van der Waals surface area contributed by atoms with E-state index in [-0.39, 0.29) is 11.9 Å². The highest BCUT2D eigenvalue weighted by Gasteiger charge is 2.37. The number of anilines is 2. The van der Waals surface area contributed by atoms with Crippen LogP contribution in [0.25, 0.3) is 0 Å². The van der Waals surface area contributed by atoms with Crippen molar-refractivity contribution in [3.05, 3.63) is 60.4 Å². The number of carbonyl (C=O) groups excluding carboxylic acids is 1. The summed E-state index contributed by atoms with van der Waals surface area (Å²) in [7, 11) is 0. The van der Waals surface area contributed by atoms with E-state index in [1.165, 1.54) is 0 Å². The molecular weight excluding hydrogens is 412 g/mol. The zero-order chi connectivity index (χ0) is 21.2. The second kappa shape index (κ2) is 8.58. The summed E-state index contributed by atoms with van der Waals surface area (Å²) in [5.74, 6) is 2.61. The zero-order valence-corrected chi connectivity index (χ0v) is 17.9. The number of hydrogen-bond donors (Lipinski definition) is 4. The summed E-state index contributed by atoms with van der Waals surface area (Å²) in [4.78, 5) is 19.8. The van der Waals surface area contributed by atoms with Gasteiger partial charge in [0.05, 0.1) is 18.4 Å². The minimum atomic E-state index is -0.0829. The third-order valence-electron chi connectivity index (χ3n) is 5.22. The number of rotatable bonds is 6. The van der Waals surface area contributed by atoms with E-state index in [1.54, 1.807) is 18.1 Å². The van der Waals surface area contributed by atoms with Gasteiger partial charge in [-0.3, -0.25) is 19.5 Å². The van der Waals surface area contributed by atoms with E-state index in [0.29, 0.717) is 6.54 Å². The molecule has 3 aliphatic rings. The summed E-state index contributed by atoms with van der Waals surface area (Å²) in [5, 5.41) is 16.8. The summed E-state index contributed by atoms with van der Waals surface area (Å²) in [6.45, 7) is 3.55. The minimum Gasteiger partial charge on any atom is -0.325 e. The van der Waals surface area contributed by atoms with Crippen LogP contribution in [-0.4, -0.2) is 45.4 Å². The molecule has 0 saturated carbocycles. The highest BCUT2D eigenvalue weighted by atomic mass is 32.2. The number of aromatic amines is 1. The molecule has 31 heavy (non-hydrogen) atoms. The molecule has 9 nitrogen and oxygen atoms in total. The van der Waals surface area contributed by atoms with Crippen molar-refractivity contribution in [3.8, 4) is 0 Å². The fourth-order valence-electron chi connectivity index (χ4n) is 3.69. The van der Waals surface area contributed by atoms with Gasteiger partial charge in [-0.1, -0.05) is 0 Å². The third-order valence-corrected chi connectivity index (χ3v) is 6.18. The molecule has 159 valence electrons. The molecule has 1 saturated heterocycles. The first-order valence-electron chi connectivity index (χ1n) is 10.3. The predicted molar refractivity (Wildman–Crippen MR) is 122 cm³/mol. The van der Waals surface area contributed by atoms with Crippen LogP contribution in [0.2, 0.25) is 0 Å². The molecular formula is C21H24N8OS+. The molecule has 2 aromatic rings. The molecule has 0 bridgehead atoms. The van der Waals surface area contributed by atoms with Gasteiger partial charge in [-0.2, -0.15) is 10.1 Å². The lowest BCUT2D eigenvalue weighted by molar-refractivity contribution is -0.117. The maximum atomic E-state index is 12.3. The van der Waals surface area contributed by atoms with Crippen LogP contribution < -0.4 is 20.9 Å². The van der Waals surface area contributed by atoms with E-state index >= 15 is 0 Å². The number of aliphatic imine (C=N–C) groups is 1. The zero-order valence-electron chi connectivity index (χ0n) is 17.1. The number of benzene rings is 1. The van der Waals surface area contributed by atoms with Gasteiger partial charge in [-0.05, 0) is 67.4 Å². The lowest BCUT2D eigenvalue weighted by Gasteiger charge is -2.24. The van der Waals surface area contributed by atoms with Crippen LogP contribution in [0, 0.1) is 6.92 Å². The average molecular weight is 437 g/mol. The first-order valence-corrected chi connectivity index (χ1v) is 11.0. The summed E-state index contributed by atoms with van der Waals surface area (Å²) < 4.78 is 2.13. The first kappa shape index (κ1) is 19.9. The fourth-order valence-corrected chi connectivity index (χ4v) is 4.55. The maximum absolute atomic E-state index is 12.3. The summed E-state index contributed by atoms with van der Waals surface area (Å²) >= 11 is 1.61. The van der Waals surface area contributed by atoms with Crippen molar-refractivity contribution in [2.75, 3.05) is 23.7 Å². The van der Waals surface area contributed by atoms with Gasteiger partial charge < -0.3 is 10.6 Å². The lowest BCUT2D eigenvalue weighted by Crippen LogP contribution is -2.42. The number of amides is 1. The Morgan fingerprint density at radius 2 is 2.19 bits per heavy atom. The van der Waals surface area contributed by atoms with Gasteiger partial charge in [-0.25, -0.2) is 0 Å². The number of amidine groups is 1. The van der Waals surface area contributed by atoms with Crippen molar-refractivity contribution >= 4 is 35.2 Å². The standard InChI is InChI=1S/C21H24N8OS/c1-14-11-18(27-26-14)25-20-13-28(12-19-23-9-10-29(19)20)31-16-6-4-15(5-7-16)24-21(30)17-3-2-8-22-17/h4-7,9-11,13,17,22H,2-3,8,12H2,1H3,(H,24,30)(H2,25,26,27)/q+1. The normalized spacial score (nSPS) is 20.4. The molecule has 10 heteroatoms. The predicted octanol–water partition coefficient (Wildman–Crippen LogP) is 2.67. The Balaban J connectivity index is 1.26. The topological polar surface area (TPSA) is 103 Å². The van der Waals surface area contributed by atoms with Gasteiger partial charge >= 0.3 is 0 Å².